The van der Waals surface area contributed by atoms with Crippen LogP contribution < -0.4 is 22.9 Å². The lowest BCUT2D eigenvalue weighted by atomic mass is 10.2. The number of nitro groups is 4. The fourth-order valence-corrected chi connectivity index (χ4v) is 3.60. The first kappa shape index (κ1) is 40.1. The number of nitrogens with two attached hydrogens (primary N) is 4. The molecular formula is C28H24N8O8S4. The van der Waals surface area contributed by atoms with Gasteiger partial charge in [0.1, 0.15) is 20.0 Å². The molecule has 0 saturated heterocycles. The van der Waals surface area contributed by atoms with Gasteiger partial charge in [0.05, 0.1) is 19.7 Å². The number of non-ortho nitro benzene ring substituents is 4. The van der Waals surface area contributed by atoms with Gasteiger partial charge < -0.3 is 22.9 Å². The summed E-state index contributed by atoms with van der Waals surface area (Å²) in [7, 11) is 0. The Kier molecular flexibility index (Phi) is 16.3. The van der Waals surface area contributed by atoms with Crippen molar-refractivity contribution in [3.05, 3.63) is 160 Å². The molecule has 0 atom stereocenters. The summed E-state index contributed by atoms with van der Waals surface area (Å²) in [5.74, 6) is 0. The lowest BCUT2D eigenvalue weighted by Crippen LogP contribution is -2.09. The fraction of sp³-hybridized carbons (Fsp3) is 0. The summed E-state index contributed by atoms with van der Waals surface area (Å²) in [6.45, 7) is 0. The third-order valence-corrected chi connectivity index (χ3v) is 6.31. The van der Waals surface area contributed by atoms with Crippen LogP contribution in [0.4, 0.5) is 22.7 Å². The zero-order chi connectivity index (χ0) is 36.6. The third kappa shape index (κ3) is 14.0. The van der Waals surface area contributed by atoms with Crippen molar-refractivity contribution in [3.8, 4) is 0 Å². The van der Waals surface area contributed by atoms with E-state index in [9.17, 15) is 40.5 Å². The zero-order valence-corrected chi connectivity index (χ0v) is 27.5. The predicted octanol–water partition coefficient (Wildman–Crippen LogP) is 4.92. The summed E-state index contributed by atoms with van der Waals surface area (Å²) < 4.78 is 0. The first-order valence-corrected chi connectivity index (χ1v) is 14.2. The molecular weight excluding hydrogens is 705 g/mol. The largest absolute Gasteiger partial charge is 0.389 e. The van der Waals surface area contributed by atoms with E-state index in [-0.39, 0.29) is 42.7 Å². The van der Waals surface area contributed by atoms with E-state index in [0.717, 1.165) is 0 Å². The Morgan fingerprint density at radius 3 is 0.688 bits per heavy atom. The monoisotopic (exact) mass is 728 g/mol. The molecule has 20 heteroatoms. The molecule has 0 aliphatic carbocycles. The van der Waals surface area contributed by atoms with Gasteiger partial charge >= 0.3 is 0 Å². The van der Waals surface area contributed by atoms with Crippen LogP contribution >= 0.6 is 48.9 Å². The number of benzene rings is 4. The summed E-state index contributed by atoms with van der Waals surface area (Å²) >= 11 is 18.7. The lowest BCUT2D eigenvalue weighted by Gasteiger charge is -1.96. The molecule has 0 aromatic heterocycles. The van der Waals surface area contributed by atoms with Crippen molar-refractivity contribution >= 4 is 91.6 Å². The van der Waals surface area contributed by atoms with Crippen LogP contribution in [0.2, 0.25) is 0 Å². The molecule has 0 radical (unpaired) electrons. The number of hydrogen-bond donors (Lipinski definition) is 4. The second-order valence-corrected chi connectivity index (χ2v) is 10.4. The van der Waals surface area contributed by atoms with Gasteiger partial charge in [-0.05, 0) is 0 Å². The smallest absolute Gasteiger partial charge is 0.270 e. The summed E-state index contributed by atoms with van der Waals surface area (Å²) in [6.07, 6.45) is 0. The van der Waals surface area contributed by atoms with E-state index in [1.165, 1.54) is 48.5 Å². The highest BCUT2D eigenvalue weighted by molar-refractivity contribution is 7.81. The SMILES string of the molecule is NC(=S)c1cccc([N+](=O)[O-])c1.NC(=S)c1cccc([N+](=O)[O-])c1.NC(=S)c1cccc([N+](=O)[O-])c1.NC(=S)c1cccc([N+](=O)[O-])c1. The summed E-state index contributed by atoms with van der Waals surface area (Å²) in [4.78, 5) is 39.9. The van der Waals surface area contributed by atoms with E-state index in [2.05, 4.69) is 48.9 Å². The Labute approximate surface area is 292 Å². The van der Waals surface area contributed by atoms with Crippen LogP contribution in [0.25, 0.3) is 0 Å². The number of rotatable bonds is 8. The van der Waals surface area contributed by atoms with Crippen molar-refractivity contribution < 1.29 is 19.7 Å². The van der Waals surface area contributed by atoms with Crippen molar-refractivity contribution in [2.45, 2.75) is 0 Å². The minimum Gasteiger partial charge on any atom is -0.389 e. The van der Waals surface area contributed by atoms with Gasteiger partial charge in [-0.3, -0.25) is 40.5 Å². The molecule has 16 nitrogen and oxygen atoms in total. The molecule has 0 aliphatic rings. The molecule has 48 heavy (non-hydrogen) atoms. The van der Waals surface area contributed by atoms with Crippen LogP contribution in [0.5, 0.6) is 0 Å². The van der Waals surface area contributed by atoms with E-state index in [1.807, 2.05) is 0 Å². The number of hydrogen-bond acceptors (Lipinski definition) is 12. The van der Waals surface area contributed by atoms with Crippen molar-refractivity contribution in [2.75, 3.05) is 0 Å². The van der Waals surface area contributed by atoms with Gasteiger partial charge in [0.25, 0.3) is 22.7 Å². The van der Waals surface area contributed by atoms with Crippen LogP contribution in [0.3, 0.4) is 0 Å². The van der Waals surface area contributed by atoms with Crippen LogP contribution in [-0.2, 0) is 0 Å². The molecule has 0 spiro atoms. The first-order chi connectivity index (χ1) is 22.4. The Morgan fingerprint density at radius 1 is 0.396 bits per heavy atom. The summed E-state index contributed by atoms with van der Waals surface area (Å²) in [5.41, 5.74) is 23.2. The molecule has 4 aromatic carbocycles. The molecule has 4 rings (SSSR count). The highest BCUT2D eigenvalue weighted by Gasteiger charge is 2.08. The van der Waals surface area contributed by atoms with Crippen molar-refractivity contribution in [1.29, 1.82) is 0 Å². The normalized spacial score (nSPS) is 9.33. The average molecular weight is 729 g/mol. The van der Waals surface area contributed by atoms with Gasteiger partial charge in [0, 0.05) is 70.8 Å². The van der Waals surface area contributed by atoms with Crippen LogP contribution in [0.15, 0.2) is 97.1 Å². The molecule has 0 aliphatic heterocycles. The minimum atomic E-state index is -0.484. The molecule has 0 unspecified atom stereocenters. The van der Waals surface area contributed by atoms with Gasteiger partial charge in [-0.2, -0.15) is 0 Å². The van der Waals surface area contributed by atoms with E-state index >= 15 is 0 Å². The van der Waals surface area contributed by atoms with E-state index in [0.29, 0.717) is 22.3 Å². The number of thiocarbonyl (C=S) groups is 4. The van der Waals surface area contributed by atoms with Gasteiger partial charge in [0.2, 0.25) is 0 Å². The second-order valence-electron chi connectivity index (χ2n) is 8.69. The zero-order valence-electron chi connectivity index (χ0n) is 24.2. The Bertz CT molecular complexity index is 1500. The van der Waals surface area contributed by atoms with Crippen molar-refractivity contribution in [1.82, 2.24) is 0 Å². The van der Waals surface area contributed by atoms with Gasteiger partial charge in [-0.15, -0.1) is 0 Å². The summed E-state index contributed by atoms with van der Waals surface area (Å²) in [5, 5.41) is 41.2. The van der Waals surface area contributed by atoms with Crippen LogP contribution in [0.1, 0.15) is 22.3 Å². The van der Waals surface area contributed by atoms with Gasteiger partial charge in [-0.1, -0.05) is 97.4 Å². The van der Waals surface area contributed by atoms with Gasteiger partial charge in [0.15, 0.2) is 0 Å². The second kappa shape index (κ2) is 19.5. The topological polar surface area (TPSA) is 277 Å². The summed E-state index contributed by atoms with van der Waals surface area (Å²) in [6, 6.07) is 23.7. The third-order valence-electron chi connectivity index (χ3n) is 5.37. The van der Waals surface area contributed by atoms with Crippen molar-refractivity contribution in [2.24, 2.45) is 22.9 Å². The van der Waals surface area contributed by atoms with E-state index in [1.54, 1.807) is 48.5 Å². The molecule has 8 N–H and O–H groups in total. The average Bonchev–Trinajstić information content (AvgIpc) is 3.05. The quantitative estimate of drug-likeness (QED) is 0.106. The standard InChI is InChI=1S/4C7H6N2O2S/c4*8-7(12)5-2-1-3-6(4-5)9(10)11/h4*1-4H,(H2,8,12). The molecule has 0 fully saturated rings. The van der Waals surface area contributed by atoms with Crippen molar-refractivity contribution in [3.63, 3.8) is 0 Å². The molecule has 0 saturated carbocycles. The molecule has 0 bridgehead atoms. The van der Waals surface area contributed by atoms with Crippen LogP contribution in [0, 0.1) is 40.5 Å². The lowest BCUT2D eigenvalue weighted by molar-refractivity contribution is -0.385. The molecule has 248 valence electrons. The number of nitrogens with zero attached hydrogens (tertiary/aromatic N) is 4. The maximum atomic E-state index is 10.3. The Morgan fingerprint density at radius 2 is 0.562 bits per heavy atom. The Balaban J connectivity index is 0.000000320. The van der Waals surface area contributed by atoms with E-state index in [4.69, 9.17) is 22.9 Å². The first-order valence-electron chi connectivity index (χ1n) is 12.6. The maximum Gasteiger partial charge on any atom is 0.270 e. The molecule has 0 amide bonds. The fourth-order valence-electron chi connectivity index (χ4n) is 3.09. The maximum absolute atomic E-state index is 10.3. The Hall–Kier alpha value is -5.96. The molecule has 0 heterocycles. The highest BCUT2D eigenvalue weighted by Crippen LogP contribution is 2.15. The molecule has 4 aromatic rings. The van der Waals surface area contributed by atoms with E-state index < -0.39 is 19.7 Å². The van der Waals surface area contributed by atoms with Crippen LogP contribution in [-0.4, -0.2) is 39.6 Å². The number of nitro benzene ring substituents is 4. The van der Waals surface area contributed by atoms with Gasteiger partial charge in [-0.25, -0.2) is 0 Å². The minimum absolute atomic E-state index is 0.000278. The predicted molar refractivity (Wildman–Crippen MR) is 196 cm³/mol. The highest BCUT2D eigenvalue weighted by atomic mass is 32.1.